The second-order valence-electron chi connectivity index (χ2n) is 6.52. The van der Waals surface area contributed by atoms with Gasteiger partial charge in [-0.2, -0.15) is 0 Å². The Balaban J connectivity index is 1.99. The summed E-state index contributed by atoms with van der Waals surface area (Å²) in [6.45, 7) is 11.0. The van der Waals surface area contributed by atoms with Crippen molar-refractivity contribution in [3.63, 3.8) is 0 Å². The predicted octanol–water partition coefficient (Wildman–Crippen LogP) is 3.28. The zero-order valence-corrected chi connectivity index (χ0v) is 13.6. The van der Waals surface area contributed by atoms with Crippen LogP contribution in [0.3, 0.4) is 0 Å². The van der Waals surface area contributed by atoms with E-state index in [0.717, 1.165) is 51.2 Å². The highest BCUT2D eigenvalue weighted by Crippen LogP contribution is 2.46. The lowest BCUT2D eigenvalue weighted by Crippen LogP contribution is -2.51. The molecule has 116 valence electrons. The SMILES string of the molecule is CCN(CC)C1CC2(CCNCC2)Oc2cc(C)ccc21. The maximum Gasteiger partial charge on any atom is 0.125 e. The van der Waals surface area contributed by atoms with Gasteiger partial charge in [0.2, 0.25) is 0 Å². The smallest absolute Gasteiger partial charge is 0.125 e. The summed E-state index contributed by atoms with van der Waals surface area (Å²) in [7, 11) is 0. The molecule has 0 bridgehead atoms. The van der Waals surface area contributed by atoms with Gasteiger partial charge in [-0.15, -0.1) is 0 Å². The lowest BCUT2D eigenvalue weighted by Gasteiger charge is -2.47. The van der Waals surface area contributed by atoms with Gasteiger partial charge in [0.25, 0.3) is 0 Å². The number of benzene rings is 1. The molecule has 3 nitrogen and oxygen atoms in total. The number of rotatable bonds is 3. The summed E-state index contributed by atoms with van der Waals surface area (Å²) >= 11 is 0. The molecule has 1 aromatic rings. The Morgan fingerprint density at radius 1 is 1.24 bits per heavy atom. The van der Waals surface area contributed by atoms with Crippen molar-refractivity contribution in [3.8, 4) is 5.75 Å². The van der Waals surface area contributed by atoms with Gasteiger partial charge < -0.3 is 10.1 Å². The Morgan fingerprint density at radius 3 is 2.62 bits per heavy atom. The molecule has 1 atom stereocenters. The van der Waals surface area contributed by atoms with E-state index in [-0.39, 0.29) is 5.60 Å². The van der Waals surface area contributed by atoms with Crippen LogP contribution in [0, 0.1) is 6.92 Å². The standard InChI is InChI=1S/C18H28N2O/c1-4-20(5-2)16-13-18(8-10-19-11-9-18)21-17-12-14(3)6-7-15(16)17/h6-7,12,16,19H,4-5,8-11,13H2,1-3H3. The monoisotopic (exact) mass is 288 g/mol. The van der Waals surface area contributed by atoms with Crippen molar-refractivity contribution in [2.45, 2.75) is 51.7 Å². The Bertz CT molecular complexity index is 490. The molecular weight excluding hydrogens is 260 g/mol. The summed E-state index contributed by atoms with van der Waals surface area (Å²) in [5.41, 5.74) is 2.71. The van der Waals surface area contributed by atoms with Gasteiger partial charge >= 0.3 is 0 Å². The van der Waals surface area contributed by atoms with Crippen molar-refractivity contribution in [3.05, 3.63) is 29.3 Å². The van der Waals surface area contributed by atoms with Crippen molar-refractivity contribution in [1.82, 2.24) is 10.2 Å². The normalized spacial score (nSPS) is 23.9. The summed E-state index contributed by atoms with van der Waals surface area (Å²) in [6, 6.07) is 7.23. The molecule has 2 aliphatic heterocycles. The molecule has 2 aliphatic rings. The molecule has 0 saturated carbocycles. The quantitative estimate of drug-likeness (QED) is 0.924. The third-order valence-corrected chi connectivity index (χ3v) is 5.19. The van der Waals surface area contributed by atoms with E-state index in [1.807, 2.05) is 0 Å². The molecule has 1 spiro atoms. The molecule has 1 fully saturated rings. The van der Waals surface area contributed by atoms with Crippen molar-refractivity contribution < 1.29 is 4.74 Å². The maximum absolute atomic E-state index is 6.54. The molecule has 1 N–H and O–H groups in total. The van der Waals surface area contributed by atoms with Gasteiger partial charge in [0, 0.05) is 18.0 Å². The lowest BCUT2D eigenvalue weighted by molar-refractivity contribution is -0.0182. The average Bonchev–Trinajstić information content (AvgIpc) is 2.48. The van der Waals surface area contributed by atoms with Crippen LogP contribution in [0.4, 0.5) is 0 Å². The highest BCUT2D eigenvalue weighted by atomic mass is 16.5. The summed E-state index contributed by atoms with van der Waals surface area (Å²) in [6.07, 6.45) is 3.38. The third kappa shape index (κ3) is 2.82. The maximum atomic E-state index is 6.54. The van der Waals surface area contributed by atoms with Crippen molar-refractivity contribution in [2.75, 3.05) is 26.2 Å². The second kappa shape index (κ2) is 5.98. The fourth-order valence-corrected chi connectivity index (χ4v) is 3.92. The largest absolute Gasteiger partial charge is 0.487 e. The van der Waals surface area contributed by atoms with E-state index in [1.165, 1.54) is 11.1 Å². The van der Waals surface area contributed by atoms with Gasteiger partial charge in [0.15, 0.2) is 0 Å². The molecule has 0 amide bonds. The molecule has 21 heavy (non-hydrogen) atoms. The van der Waals surface area contributed by atoms with Crippen molar-refractivity contribution in [2.24, 2.45) is 0 Å². The second-order valence-corrected chi connectivity index (χ2v) is 6.52. The number of nitrogens with one attached hydrogen (secondary N) is 1. The van der Waals surface area contributed by atoms with Crippen LogP contribution in [-0.4, -0.2) is 36.7 Å². The number of hydrogen-bond donors (Lipinski definition) is 1. The average molecular weight is 288 g/mol. The summed E-state index contributed by atoms with van der Waals surface area (Å²) in [5, 5.41) is 3.47. The Hall–Kier alpha value is -1.06. The van der Waals surface area contributed by atoms with Crippen LogP contribution in [0.1, 0.15) is 50.3 Å². The molecular formula is C18H28N2O. The number of fused-ring (bicyclic) bond motifs is 1. The minimum absolute atomic E-state index is 0.0410. The fourth-order valence-electron chi connectivity index (χ4n) is 3.92. The third-order valence-electron chi connectivity index (χ3n) is 5.19. The van der Waals surface area contributed by atoms with Gasteiger partial charge in [-0.25, -0.2) is 0 Å². The van der Waals surface area contributed by atoms with Gasteiger partial charge in [-0.1, -0.05) is 26.0 Å². The zero-order valence-electron chi connectivity index (χ0n) is 13.6. The van der Waals surface area contributed by atoms with Crippen LogP contribution in [-0.2, 0) is 0 Å². The molecule has 1 saturated heterocycles. The molecule has 1 aromatic carbocycles. The van der Waals surface area contributed by atoms with E-state index < -0.39 is 0 Å². The highest BCUT2D eigenvalue weighted by molar-refractivity contribution is 5.42. The lowest BCUT2D eigenvalue weighted by atomic mass is 9.80. The van der Waals surface area contributed by atoms with E-state index in [9.17, 15) is 0 Å². The first-order chi connectivity index (χ1) is 10.2. The molecule has 2 heterocycles. The van der Waals surface area contributed by atoms with E-state index in [1.54, 1.807) is 0 Å². The summed E-state index contributed by atoms with van der Waals surface area (Å²) < 4.78 is 6.54. The van der Waals surface area contributed by atoms with Crippen molar-refractivity contribution in [1.29, 1.82) is 0 Å². The Labute approximate surface area is 128 Å². The van der Waals surface area contributed by atoms with Crippen LogP contribution in [0.5, 0.6) is 5.75 Å². The first kappa shape index (κ1) is 14.9. The summed E-state index contributed by atoms with van der Waals surface area (Å²) in [4.78, 5) is 2.58. The number of aryl methyl sites for hydroxylation is 1. The van der Waals surface area contributed by atoms with Gasteiger partial charge in [0.05, 0.1) is 0 Å². The van der Waals surface area contributed by atoms with Crippen LogP contribution in [0.15, 0.2) is 18.2 Å². The van der Waals surface area contributed by atoms with Crippen LogP contribution in [0.2, 0.25) is 0 Å². The van der Waals surface area contributed by atoms with E-state index in [2.05, 4.69) is 49.2 Å². The minimum atomic E-state index is 0.0410. The van der Waals surface area contributed by atoms with E-state index >= 15 is 0 Å². The first-order valence-electron chi connectivity index (χ1n) is 8.42. The van der Waals surface area contributed by atoms with Crippen LogP contribution in [0.25, 0.3) is 0 Å². The minimum Gasteiger partial charge on any atom is -0.487 e. The van der Waals surface area contributed by atoms with Gasteiger partial charge in [-0.05, 0) is 57.6 Å². The van der Waals surface area contributed by atoms with Crippen LogP contribution >= 0.6 is 0 Å². The molecule has 0 radical (unpaired) electrons. The molecule has 3 rings (SSSR count). The topological polar surface area (TPSA) is 24.5 Å². The van der Waals surface area contributed by atoms with Crippen LogP contribution < -0.4 is 10.1 Å². The Kier molecular flexibility index (Phi) is 4.23. The van der Waals surface area contributed by atoms with Gasteiger partial charge in [-0.3, -0.25) is 4.90 Å². The number of piperidine rings is 1. The first-order valence-corrected chi connectivity index (χ1v) is 8.42. The van der Waals surface area contributed by atoms with E-state index in [0.29, 0.717) is 6.04 Å². The molecule has 1 unspecified atom stereocenters. The zero-order chi connectivity index (χ0) is 14.9. The number of nitrogens with zero attached hydrogens (tertiary/aromatic N) is 1. The fraction of sp³-hybridized carbons (Fsp3) is 0.667. The number of hydrogen-bond acceptors (Lipinski definition) is 3. The predicted molar refractivity (Wildman–Crippen MR) is 86.9 cm³/mol. The van der Waals surface area contributed by atoms with E-state index in [4.69, 9.17) is 4.74 Å². The van der Waals surface area contributed by atoms with Gasteiger partial charge in [0.1, 0.15) is 11.4 Å². The molecule has 0 aliphatic carbocycles. The number of ether oxygens (including phenoxy) is 1. The summed E-state index contributed by atoms with van der Waals surface area (Å²) in [5.74, 6) is 1.13. The Morgan fingerprint density at radius 2 is 1.95 bits per heavy atom. The molecule has 3 heteroatoms. The van der Waals surface area contributed by atoms with Crippen molar-refractivity contribution >= 4 is 0 Å². The molecule has 0 aromatic heterocycles. The highest BCUT2D eigenvalue weighted by Gasteiger charge is 2.43.